The van der Waals surface area contributed by atoms with E-state index in [4.69, 9.17) is 29.5 Å². The third-order valence-electron chi connectivity index (χ3n) is 2.47. The second kappa shape index (κ2) is 8.02. The van der Waals surface area contributed by atoms with Crippen LogP contribution in [0.3, 0.4) is 0 Å². The van der Waals surface area contributed by atoms with Gasteiger partial charge in [-0.2, -0.15) is 10.5 Å². The number of hydrogen-bond acceptors (Lipinski definition) is 6. The van der Waals surface area contributed by atoms with Crippen LogP contribution in [0.4, 0.5) is 0 Å². The van der Waals surface area contributed by atoms with Gasteiger partial charge in [0.2, 0.25) is 0 Å². The fraction of sp³-hybridized carbons (Fsp3) is 0.833. The molecule has 0 amide bonds. The first-order valence-corrected chi connectivity index (χ1v) is 6.04. The molecule has 18 heavy (non-hydrogen) atoms. The molecule has 0 aliphatic carbocycles. The van der Waals surface area contributed by atoms with Crippen LogP contribution in [0.25, 0.3) is 0 Å². The molecule has 1 heterocycles. The quantitative estimate of drug-likeness (QED) is 0.710. The Bertz CT molecular complexity index is 291. The van der Waals surface area contributed by atoms with Gasteiger partial charge in [0.1, 0.15) is 12.2 Å². The Labute approximate surface area is 107 Å². The fourth-order valence-electron chi connectivity index (χ4n) is 1.74. The van der Waals surface area contributed by atoms with Crippen molar-refractivity contribution < 1.29 is 18.9 Å². The largest absolute Gasteiger partial charge is 0.350 e. The lowest BCUT2D eigenvalue weighted by atomic mass is 10.2. The molecule has 0 aromatic carbocycles. The second-order valence-electron chi connectivity index (χ2n) is 3.72. The van der Waals surface area contributed by atoms with Crippen LogP contribution in [0, 0.1) is 22.7 Å². The summed E-state index contributed by atoms with van der Waals surface area (Å²) < 4.78 is 22.1. The summed E-state index contributed by atoms with van der Waals surface area (Å²) in [5, 5.41) is 17.5. The highest BCUT2D eigenvalue weighted by Crippen LogP contribution is 2.25. The van der Waals surface area contributed by atoms with Crippen molar-refractivity contribution in [2.24, 2.45) is 0 Å². The molecule has 0 radical (unpaired) electrons. The number of rotatable bonds is 6. The molecule has 6 nitrogen and oxygen atoms in total. The van der Waals surface area contributed by atoms with Crippen LogP contribution in [-0.2, 0) is 18.9 Å². The smallest absolute Gasteiger partial charge is 0.185 e. The first kappa shape index (κ1) is 14.9. The molecule has 1 aliphatic heterocycles. The van der Waals surface area contributed by atoms with Crippen molar-refractivity contribution in [2.75, 3.05) is 13.2 Å². The van der Waals surface area contributed by atoms with Gasteiger partial charge in [0.15, 0.2) is 12.6 Å². The van der Waals surface area contributed by atoms with Gasteiger partial charge < -0.3 is 18.9 Å². The molecule has 1 rings (SSSR count). The highest BCUT2D eigenvalue weighted by molar-refractivity contribution is 4.87. The summed E-state index contributed by atoms with van der Waals surface area (Å²) in [5.74, 6) is 0. The van der Waals surface area contributed by atoms with Crippen LogP contribution in [0.1, 0.15) is 26.7 Å². The van der Waals surface area contributed by atoms with Gasteiger partial charge in [-0.15, -0.1) is 0 Å². The monoisotopic (exact) mass is 254 g/mol. The van der Waals surface area contributed by atoms with Gasteiger partial charge in [-0.1, -0.05) is 0 Å². The van der Waals surface area contributed by atoms with Crippen LogP contribution >= 0.6 is 0 Å². The Hall–Kier alpha value is -1.18. The van der Waals surface area contributed by atoms with E-state index in [-0.39, 0.29) is 12.8 Å². The SMILES string of the molecule is CCOC1OC(CC#N)C(OCC)OC1CC#N. The summed E-state index contributed by atoms with van der Waals surface area (Å²) in [5.41, 5.74) is 0. The van der Waals surface area contributed by atoms with Gasteiger partial charge in [-0.05, 0) is 13.8 Å². The van der Waals surface area contributed by atoms with Crippen LogP contribution in [0.2, 0.25) is 0 Å². The molecule has 0 aromatic heterocycles. The zero-order chi connectivity index (χ0) is 13.4. The van der Waals surface area contributed by atoms with Crippen LogP contribution in [0.5, 0.6) is 0 Å². The average molecular weight is 254 g/mol. The van der Waals surface area contributed by atoms with E-state index >= 15 is 0 Å². The second-order valence-corrected chi connectivity index (χ2v) is 3.72. The molecule has 0 aromatic rings. The minimum Gasteiger partial charge on any atom is -0.350 e. The molecular formula is C12H18N2O4. The highest BCUT2D eigenvalue weighted by atomic mass is 16.8. The lowest BCUT2D eigenvalue weighted by Crippen LogP contribution is -2.51. The van der Waals surface area contributed by atoms with E-state index in [0.29, 0.717) is 13.2 Å². The van der Waals surface area contributed by atoms with E-state index in [1.54, 1.807) is 0 Å². The lowest BCUT2D eigenvalue weighted by Gasteiger charge is -2.39. The van der Waals surface area contributed by atoms with Gasteiger partial charge in [-0.3, -0.25) is 0 Å². The Balaban J connectivity index is 2.71. The van der Waals surface area contributed by atoms with Crippen molar-refractivity contribution >= 4 is 0 Å². The Kier molecular flexibility index (Phi) is 6.63. The predicted molar refractivity (Wildman–Crippen MR) is 61.0 cm³/mol. The van der Waals surface area contributed by atoms with Crippen molar-refractivity contribution in [3.63, 3.8) is 0 Å². The first-order chi connectivity index (χ1) is 8.76. The summed E-state index contributed by atoms with van der Waals surface area (Å²) >= 11 is 0. The normalized spacial score (nSPS) is 31.6. The van der Waals surface area contributed by atoms with Crippen LogP contribution in [0.15, 0.2) is 0 Å². The van der Waals surface area contributed by atoms with Gasteiger partial charge >= 0.3 is 0 Å². The van der Waals surface area contributed by atoms with E-state index in [0.717, 1.165) is 0 Å². The van der Waals surface area contributed by atoms with Crippen molar-refractivity contribution in [3.05, 3.63) is 0 Å². The first-order valence-electron chi connectivity index (χ1n) is 6.04. The fourth-order valence-corrected chi connectivity index (χ4v) is 1.74. The van der Waals surface area contributed by atoms with E-state index in [9.17, 15) is 0 Å². The number of nitriles is 2. The van der Waals surface area contributed by atoms with Crippen molar-refractivity contribution in [1.29, 1.82) is 10.5 Å². The number of hydrogen-bond donors (Lipinski definition) is 0. The van der Waals surface area contributed by atoms with Gasteiger partial charge in [-0.25, -0.2) is 0 Å². The van der Waals surface area contributed by atoms with Crippen LogP contribution in [-0.4, -0.2) is 38.0 Å². The molecule has 100 valence electrons. The summed E-state index contributed by atoms with van der Waals surface area (Å²) in [6, 6.07) is 4.06. The Morgan fingerprint density at radius 1 is 0.889 bits per heavy atom. The van der Waals surface area contributed by atoms with Gasteiger partial charge in [0.25, 0.3) is 0 Å². The summed E-state index contributed by atoms with van der Waals surface area (Å²) in [6.45, 7) is 4.57. The maximum atomic E-state index is 8.76. The van der Waals surface area contributed by atoms with Gasteiger partial charge in [0.05, 0.1) is 25.0 Å². The van der Waals surface area contributed by atoms with E-state index in [1.807, 2.05) is 26.0 Å². The molecular weight excluding hydrogens is 236 g/mol. The predicted octanol–water partition coefficient (Wildman–Crippen LogP) is 1.32. The summed E-state index contributed by atoms with van der Waals surface area (Å²) in [4.78, 5) is 0. The summed E-state index contributed by atoms with van der Waals surface area (Å²) in [6.07, 6.45) is -1.89. The van der Waals surface area contributed by atoms with Crippen molar-refractivity contribution in [2.45, 2.75) is 51.5 Å². The number of nitrogens with zero attached hydrogens (tertiary/aromatic N) is 2. The zero-order valence-electron chi connectivity index (χ0n) is 10.7. The molecule has 4 unspecified atom stereocenters. The van der Waals surface area contributed by atoms with E-state index in [1.165, 1.54) is 0 Å². The minimum atomic E-state index is -0.621. The molecule has 0 saturated carbocycles. The zero-order valence-corrected chi connectivity index (χ0v) is 10.7. The topological polar surface area (TPSA) is 84.5 Å². The highest BCUT2D eigenvalue weighted by Gasteiger charge is 2.39. The summed E-state index contributed by atoms with van der Waals surface area (Å²) in [7, 11) is 0. The van der Waals surface area contributed by atoms with E-state index < -0.39 is 24.8 Å². The maximum Gasteiger partial charge on any atom is 0.185 e. The van der Waals surface area contributed by atoms with Crippen molar-refractivity contribution in [1.82, 2.24) is 0 Å². The Morgan fingerprint density at radius 2 is 1.28 bits per heavy atom. The molecule has 0 bridgehead atoms. The molecule has 1 fully saturated rings. The molecule has 1 saturated heterocycles. The third-order valence-corrected chi connectivity index (χ3v) is 2.47. The minimum absolute atomic E-state index is 0.160. The average Bonchev–Trinajstić information content (AvgIpc) is 2.35. The maximum absolute atomic E-state index is 8.76. The Morgan fingerprint density at radius 3 is 1.56 bits per heavy atom. The molecule has 1 aliphatic rings. The number of ether oxygens (including phenoxy) is 4. The third kappa shape index (κ3) is 3.94. The van der Waals surface area contributed by atoms with Crippen LogP contribution < -0.4 is 0 Å². The molecule has 0 N–H and O–H groups in total. The van der Waals surface area contributed by atoms with Gasteiger partial charge in [0, 0.05) is 13.2 Å². The van der Waals surface area contributed by atoms with Crippen molar-refractivity contribution in [3.8, 4) is 12.1 Å². The molecule has 4 atom stereocenters. The van der Waals surface area contributed by atoms with E-state index in [2.05, 4.69) is 0 Å². The molecule has 0 spiro atoms. The lowest BCUT2D eigenvalue weighted by molar-refractivity contribution is -0.346. The molecule has 6 heteroatoms. The standard InChI is InChI=1S/C12H18N2O4/c1-3-15-11-9(5-7-13)18-12(16-4-2)10(17-11)6-8-14/h9-12H,3-6H2,1-2H3.